The maximum Gasteiger partial charge on any atom is 0.251 e. The minimum atomic E-state index is -3.68. The molecular weight excluding hydrogens is 450 g/mol. The average Bonchev–Trinajstić information content (AvgIpc) is 3.64. The van der Waals surface area contributed by atoms with E-state index in [2.05, 4.69) is 5.32 Å². The molecule has 0 radical (unpaired) electrons. The third kappa shape index (κ3) is 5.81. The fourth-order valence-electron chi connectivity index (χ4n) is 3.51. The summed E-state index contributed by atoms with van der Waals surface area (Å²) in [5.74, 6) is -0.354. The zero-order chi connectivity index (χ0) is 22.9. The van der Waals surface area contributed by atoms with Crippen LogP contribution in [0.2, 0.25) is 5.02 Å². The standard InChI is InChI=1S/C23H26ClN3O4S/c1-32(30,31)27(21-4-2-3-18(24)13-21)15-22(28)26(20-11-12-20)14-16-5-7-17(8-6-16)23(29)25-19-9-10-19/h2-8,13,19-20H,9-12,14-15H2,1H3,(H,25,29). The van der Waals surface area contributed by atoms with Gasteiger partial charge < -0.3 is 10.2 Å². The molecule has 2 saturated carbocycles. The van der Waals surface area contributed by atoms with Crippen molar-refractivity contribution in [2.45, 2.75) is 44.3 Å². The number of amides is 2. The Morgan fingerprint density at radius 2 is 1.75 bits per heavy atom. The van der Waals surface area contributed by atoms with Crippen LogP contribution in [-0.2, 0) is 21.4 Å². The molecule has 9 heteroatoms. The van der Waals surface area contributed by atoms with Crippen molar-refractivity contribution in [2.24, 2.45) is 0 Å². The molecule has 0 bridgehead atoms. The molecule has 2 aromatic rings. The highest BCUT2D eigenvalue weighted by atomic mass is 35.5. The molecule has 0 aliphatic heterocycles. The SMILES string of the molecule is CS(=O)(=O)N(CC(=O)N(Cc1ccc(C(=O)NC2CC2)cc1)C1CC1)c1cccc(Cl)c1. The molecule has 2 amide bonds. The number of benzene rings is 2. The molecule has 0 atom stereocenters. The lowest BCUT2D eigenvalue weighted by Crippen LogP contribution is -2.43. The number of nitrogens with zero attached hydrogens (tertiary/aromatic N) is 2. The number of rotatable bonds is 9. The smallest absolute Gasteiger partial charge is 0.251 e. The molecule has 32 heavy (non-hydrogen) atoms. The summed E-state index contributed by atoms with van der Waals surface area (Å²) in [4.78, 5) is 27.1. The summed E-state index contributed by atoms with van der Waals surface area (Å²) in [5.41, 5.74) is 1.84. The summed E-state index contributed by atoms with van der Waals surface area (Å²) in [7, 11) is -3.68. The Balaban J connectivity index is 1.47. The van der Waals surface area contributed by atoms with Gasteiger partial charge in [-0.3, -0.25) is 13.9 Å². The fourth-order valence-corrected chi connectivity index (χ4v) is 4.53. The largest absolute Gasteiger partial charge is 0.349 e. The van der Waals surface area contributed by atoms with E-state index in [9.17, 15) is 18.0 Å². The molecule has 0 unspecified atom stereocenters. The molecule has 0 aromatic heterocycles. The van der Waals surface area contributed by atoms with Crippen LogP contribution in [0, 0.1) is 0 Å². The molecule has 0 spiro atoms. The number of carbonyl (C=O) groups excluding carboxylic acids is 2. The van der Waals surface area contributed by atoms with Gasteiger partial charge in [-0.2, -0.15) is 0 Å². The van der Waals surface area contributed by atoms with Crippen LogP contribution in [0.4, 0.5) is 5.69 Å². The van der Waals surface area contributed by atoms with Crippen molar-refractivity contribution in [3.05, 3.63) is 64.7 Å². The summed E-state index contributed by atoms with van der Waals surface area (Å²) in [6.45, 7) is 0.0682. The van der Waals surface area contributed by atoms with Crippen molar-refractivity contribution in [2.75, 3.05) is 17.1 Å². The second-order valence-corrected chi connectivity index (χ2v) is 10.8. The highest BCUT2D eigenvalue weighted by Crippen LogP contribution is 2.30. The first-order chi connectivity index (χ1) is 15.2. The van der Waals surface area contributed by atoms with E-state index in [1.54, 1.807) is 35.2 Å². The quantitative estimate of drug-likeness (QED) is 0.603. The maximum absolute atomic E-state index is 13.2. The van der Waals surface area contributed by atoms with E-state index < -0.39 is 10.0 Å². The topological polar surface area (TPSA) is 86.8 Å². The number of hydrogen-bond donors (Lipinski definition) is 1. The van der Waals surface area contributed by atoms with Gasteiger partial charge in [0.15, 0.2) is 0 Å². The Labute approximate surface area is 193 Å². The van der Waals surface area contributed by atoms with Gasteiger partial charge in [0.25, 0.3) is 5.91 Å². The zero-order valence-corrected chi connectivity index (χ0v) is 19.4. The minimum absolute atomic E-state index is 0.0838. The second-order valence-electron chi connectivity index (χ2n) is 8.45. The lowest BCUT2D eigenvalue weighted by Gasteiger charge is -2.28. The van der Waals surface area contributed by atoms with Crippen molar-refractivity contribution in [3.63, 3.8) is 0 Å². The van der Waals surface area contributed by atoms with Gasteiger partial charge in [-0.25, -0.2) is 8.42 Å². The van der Waals surface area contributed by atoms with Crippen LogP contribution < -0.4 is 9.62 Å². The fraction of sp³-hybridized carbons (Fsp3) is 0.391. The zero-order valence-electron chi connectivity index (χ0n) is 17.8. The van der Waals surface area contributed by atoms with Crippen LogP contribution >= 0.6 is 11.6 Å². The summed E-state index contributed by atoms with van der Waals surface area (Å²) in [6, 6.07) is 14.1. The van der Waals surface area contributed by atoms with Crippen LogP contribution in [-0.4, -0.2) is 50.0 Å². The van der Waals surface area contributed by atoms with Crippen LogP contribution in [0.3, 0.4) is 0 Å². The Morgan fingerprint density at radius 3 is 2.31 bits per heavy atom. The molecule has 7 nitrogen and oxygen atoms in total. The molecule has 0 saturated heterocycles. The van der Waals surface area contributed by atoms with Crippen molar-refractivity contribution in [1.82, 2.24) is 10.2 Å². The first-order valence-electron chi connectivity index (χ1n) is 10.6. The Kier molecular flexibility index (Phi) is 6.44. The first-order valence-corrected chi connectivity index (χ1v) is 12.9. The highest BCUT2D eigenvalue weighted by molar-refractivity contribution is 7.92. The second kappa shape index (κ2) is 9.11. The number of carbonyl (C=O) groups is 2. The van der Waals surface area contributed by atoms with Crippen LogP contribution in [0.25, 0.3) is 0 Å². The lowest BCUT2D eigenvalue weighted by molar-refractivity contribution is -0.130. The first kappa shape index (κ1) is 22.6. The predicted molar refractivity (Wildman–Crippen MR) is 124 cm³/mol. The highest BCUT2D eigenvalue weighted by Gasteiger charge is 2.34. The number of sulfonamides is 1. The van der Waals surface area contributed by atoms with Gasteiger partial charge in [-0.15, -0.1) is 0 Å². The van der Waals surface area contributed by atoms with Crippen LogP contribution in [0.15, 0.2) is 48.5 Å². The van der Waals surface area contributed by atoms with E-state index >= 15 is 0 Å². The van der Waals surface area contributed by atoms with Gasteiger partial charge in [0.1, 0.15) is 6.54 Å². The summed E-state index contributed by atoms with van der Waals surface area (Å²) >= 11 is 6.03. The minimum Gasteiger partial charge on any atom is -0.349 e. The van der Waals surface area contributed by atoms with Gasteiger partial charge in [0.2, 0.25) is 15.9 Å². The molecule has 170 valence electrons. The molecule has 0 heterocycles. The number of halogens is 1. The van der Waals surface area contributed by atoms with Crippen molar-refractivity contribution in [3.8, 4) is 0 Å². The van der Waals surface area contributed by atoms with Crippen LogP contribution in [0.5, 0.6) is 0 Å². The van der Waals surface area contributed by atoms with E-state index in [0.29, 0.717) is 28.9 Å². The predicted octanol–water partition coefficient (Wildman–Crippen LogP) is 3.19. The summed E-state index contributed by atoms with van der Waals surface area (Å²) < 4.78 is 25.9. The molecule has 2 aliphatic carbocycles. The number of nitrogens with one attached hydrogen (secondary N) is 1. The summed E-state index contributed by atoms with van der Waals surface area (Å²) in [6.07, 6.45) is 4.92. The van der Waals surface area contributed by atoms with E-state index in [1.807, 2.05) is 12.1 Å². The molecule has 1 N–H and O–H groups in total. The molecular formula is C23H26ClN3O4S. The van der Waals surface area contributed by atoms with Gasteiger partial charge in [-0.1, -0.05) is 29.8 Å². The lowest BCUT2D eigenvalue weighted by atomic mass is 10.1. The summed E-state index contributed by atoms with van der Waals surface area (Å²) in [5, 5.41) is 3.35. The van der Waals surface area contributed by atoms with Gasteiger partial charge in [-0.05, 0) is 61.6 Å². The van der Waals surface area contributed by atoms with E-state index in [-0.39, 0.29) is 24.4 Å². The Hall–Kier alpha value is -2.58. The third-order valence-corrected chi connectivity index (χ3v) is 6.94. The van der Waals surface area contributed by atoms with E-state index in [0.717, 1.165) is 41.8 Å². The Morgan fingerprint density at radius 1 is 1.06 bits per heavy atom. The Bertz CT molecular complexity index is 1110. The van der Waals surface area contributed by atoms with E-state index in [4.69, 9.17) is 11.6 Å². The molecule has 2 aliphatic rings. The molecule has 2 fully saturated rings. The van der Waals surface area contributed by atoms with Crippen molar-refractivity contribution < 1.29 is 18.0 Å². The number of hydrogen-bond acceptors (Lipinski definition) is 4. The normalized spacial score (nSPS) is 15.8. The average molecular weight is 476 g/mol. The van der Waals surface area contributed by atoms with Crippen LogP contribution in [0.1, 0.15) is 41.6 Å². The monoisotopic (exact) mass is 475 g/mol. The molecule has 2 aromatic carbocycles. The third-order valence-electron chi connectivity index (χ3n) is 5.56. The van der Waals surface area contributed by atoms with Crippen molar-refractivity contribution in [1.29, 1.82) is 0 Å². The van der Waals surface area contributed by atoms with Crippen molar-refractivity contribution >= 4 is 39.1 Å². The van der Waals surface area contributed by atoms with Gasteiger partial charge in [0.05, 0.1) is 11.9 Å². The van der Waals surface area contributed by atoms with E-state index in [1.165, 1.54) is 6.07 Å². The molecule has 4 rings (SSSR count). The maximum atomic E-state index is 13.2. The number of anilines is 1. The van der Waals surface area contributed by atoms with Gasteiger partial charge in [0, 0.05) is 29.2 Å². The van der Waals surface area contributed by atoms with Gasteiger partial charge >= 0.3 is 0 Å².